The van der Waals surface area contributed by atoms with Crippen molar-refractivity contribution in [1.29, 1.82) is 0 Å². The number of aliphatic hydroxyl groups excluding tert-OH is 1. The fourth-order valence-corrected chi connectivity index (χ4v) is 9.70. The molecule has 202 valence electrons. The van der Waals surface area contributed by atoms with E-state index in [9.17, 15) is 19.5 Å². The number of esters is 1. The van der Waals surface area contributed by atoms with Crippen molar-refractivity contribution >= 4 is 29.5 Å². The van der Waals surface area contributed by atoms with Crippen LogP contribution in [0.3, 0.4) is 0 Å². The molecule has 2 amide bonds. The van der Waals surface area contributed by atoms with Gasteiger partial charge in [-0.05, 0) is 37.8 Å². The van der Waals surface area contributed by atoms with Crippen molar-refractivity contribution in [2.45, 2.75) is 73.1 Å². The van der Waals surface area contributed by atoms with E-state index in [-0.39, 0.29) is 31.1 Å². The van der Waals surface area contributed by atoms with E-state index in [1.165, 1.54) is 6.42 Å². The Hall–Kier alpha value is -2.58. The minimum absolute atomic E-state index is 0.0610. The van der Waals surface area contributed by atoms with Crippen molar-refractivity contribution in [3.8, 4) is 0 Å². The summed E-state index contributed by atoms with van der Waals surface area (Å²) in [7, 11) is 0. The van der Waals surface area contributed by atoms with Crippen molar-refractivity contribution < 1.29 is 24.2 Å². The Balaban J connectivity index is 1.46. The standard InChI is InChI=1S/C30H36N2O5S/c1-29-14-9-17-37-28(36)24(29)23-26(34)32(22(19-33)18-20-10-4-2-5-11-20)25-27(35)31(21-12-6-3-7-13-21)16-8-15-30(23,25)38-29/h2,4-5,8-11,14-15,21-25,33H,3,6-7,12-13,16-19H2,1H3/t22-,23+,24+,25?,29-,30+/m1/s1. The zero-order valence-corrected chi connectivity index (χ0v) is 22.6. The van der Waals surface area contributed by atoms with E-state index in [1.807, 2.05) is 66.5 Å². The number of nitrogens with zero attached hydrogens (tertiary/aromatic N) is 2. The first-order chi connectivity index (χ1) is 18.4. The van der Waals surface area contributed by atoms with E-state index in [1.54, 1.807) is 16.7 Å². The van der Waals surface area contributed by atoms with Gasteiger partial charge in [0.25, 0.3) is 0 Å². The maximum Gasteiger partial charge on any atom is 0.311 e. The summed E-state index contributed by atoms with van der Waals surface area (Å²) in [6, 6.07) is 8.52. The molecule has 6 atom stereocenters. The minimum Gasteiger partial charge on any atom is -0.461 e. The van der Waals surface area contributed by atoms with Gasteiger partial charge in [-0.1, -0.05) is 67.8 Å². The number of fused-ring (bicyclic) bond motifs is 2. The molecular weight excluding hydrogens is 500 g/mol. The smallest absolute Gasteiger partial charge is 0.311 e. The second-order valence-electron chi connectivity index (χ2n) is 11.5. The molecule has 1 aromatic carbocycles. The molecule has 1 spiro atoms. The van der Waals surface area contributed by atoms with Crippen molar-refractivity contribution in [3.05, 3.63) is 60.2 Å². The number of carbonyl (C=O) groups is 3. The zero-order valence-electron chi connectivity index (χ0n) is 21.8. The predicted octanol–water partition coefficient (Wildman–Crippen LogP) is 3.12. The van der Waals surface area contributed by atoms with Crippen LogP contribution in [-0.2, 0) is 25.5 Å². The van der Waals surface area contributed by atoms with Gasteiger partial charge >= 0.3 is 5.97 Å². The molecule has 1 unspecified atom stereocenters. The Kier molecular flexibility index (Phi) is 6.67. The summed E-state index contributed by atoms with van der Waals surface area (Å²) in [6.07, 6.45) is 13.7. The molecule has 6 rings (SSSR count). The van der Waals surface area contributed by atoms with Crippen LogP contribution in [-0.4, -0.2) is 80.1 Å². The van der Waals surface area contributed by atoms with E-state index >= 15 is 0 Å². The van der Waals surface area contributed by atoms with Crippen molar-refractivity contribution in [1.82, 2.24) is 9.80 Å². The molecule has 2 saturated heterocycles. The van der Waals surface area contributed by atoms with Crippen LogP contribution in [0.25, 0.3) is 0 Å². The average Bonchev–Trinajstić information content (AvgIpc) is 3.19. The summed E-state index contributed by atoms with van der Waals surface area (Å²) < 4.78 is 3.94. The van der Waals surface area contributed by atoms with Crippen LogP contribution in [0.1, 0.15) is 44.6 Å². The molecule has 0 radical (unpaired) electrons. The molecule has 7 nitrogen and oxygen atoms in total. The Morgan fingerprint density at radius 3 is 2.53 bits per heavy atom. The highest BCUT2D eigenvalue weighted by Crippen LogP contribution is 2.65. The van der Waals surface area contributed by atoms with Gasteiger partial charge in [0.2, 0.25) is 11.8 Å². The Morgan fingerprint density at radius 1 is 1.03 bits per heavy atom. The maximum absolute atomic E-state index is 14.6. The second-order valence-corrected chi connectivity index (χ2v) is 13.3. The Bertz CT molecular complexity index is 1160. The van der Waals surface area contributed by atoms with Gasteiger partial charge in [-0.15, -0.1) is 11.8 Å². The van der Waals surface area contributed by atoms with Gasteiger partial charge in [0.15, 0.2) is 0 Å². The van der Waals surface area contributed by atoms with E-state index in [4.69, 9.17) is 4.74 Å². The summed E-state index contributed by atoms with van der Waals surface area (Å²) in [6.45, 7) is 2.41. The van der Waals surface area contributed by atoms with Crippen LogP contribution < -0.4 is 0 Å². The van der Waals surface area contributed by atoms with Gasteiger partial charge in [-0.3, -0.25) is 14.4 Å². The molecule has 38 heavy (non-hydrogen) atoms. The predicted molar refractivity (Wildman–Crippen MR) is 145 cm³/mol. The monoisotopic (exact) mass is 536 g/mol. The van der Waals surface area contributed by atoms with E-state index in [0.717, 1.165) is 31.2 Å². The fraction of sp³-hybridized carbons (Fsp3) is 0.567. The fourth-order valence-electron chi connectivity index (χ4n) is 7.56. The Labute approximate surface area is 228 Å². The average molecular weight is 537 g/mol. The lowest BCUT2D eigenvalue weighted by atomic mass is 9.75. The lowest BCUT2D eigenvalue weighted by Gasteiger charge is -2.42. The van der Waals surface area contributed by atoms with Gasteiger partial charge in [0.05, 0.1) is 29.2 Å². The summed E-state index contributed by atoms with van der Waals surface area (Å²) in [5, 5.41) is 10.6. The van der Waals surface area contributed by atoms with Crippen molar-refractivity contribution in [2.75, 3.05) is 19.8 Å². The summed E-state index contributed by atoms with van der Waals surface area (Å²) >= 11 is 1.56. The first kappa shape index (κ1) is 25.7. The minimum atomic E-state index is -0.915. The molecule has 5 aliphatic rings. The van der Waals surface area contributed by atoms with Crippen molar-refractivity contribution in [3.63, 3.8) is 0 Å². The van der Waals surface area contributed by atoms with Gasteiger partial charge in [-0.25, -0.2) is 0 Å². The van der Waals surface area contributed by atoms with E-state index < -0.39 is 39.4 Å². The van der Waals surface area contributed by atoms with Crippen LogP contribution in [0.4, 0.5) is 0 Å². The topological polar surface area (TPSA) is 87.1 Å². The highest BCUT2D eigenvalue weighted by Gasteiger charge is 2.74. The Morgan fingerprint density at radius 2 is 1.79 bits per heavy atom. The number of thioether (sulfide) groups is 1. The summed E-state index contributed by atoms with van der Waals surface area (Å²) in [5.74, 6) is -2.13. The number of likely N-dealkylation sites (tertiary alicyclic amines) is 1. The molecule has 1 saturated carbocycles. The van der Waals surface area contributed by atoms with Crippen LogP contribution in [0.15, 0.2) is 54.6 Å². The molecular formula is C30H36N2O5S. The number of amides is 2. The second kappa shape index (κ2) is 9.87. The third kappa shape index (κ3) is 3.94. The van der Waals surface area contributed by atoms with E-state index in [2.05, 4.69) is 0 Å². The number of benzene rings is 1. The van der Waals surface area contributed by atoms with Crippen LogP contribution in [0, 0.1) is 11.8 Å². The molecule has 1 aliphatic carbocycles. The summed E-state index contributed by atoms with van der Waals surface area (Å²) in [4.78, 5) is 46.1. The zero-order chi connectivity index (χ0) is 26.5. The number of hydrogen-bond acceptors (Lipinski definition) is 6. The molecule has 4 aliphatic heterocycles. The molecule has 8 heteroatoms. The van der Waals surface area contributed by atoms with Gasteiger partial charge in [0, 0.05) is 17.3 Å². The first-order valence-electron chi connectivity index (χ1n) is 13.9. The lowest BCUT2D eigenvalue weighted by Crippen LogP contribution is -2.58. The van der Waals surface area contributed by atoms with E-state index in [0.29, 0.717) is 13.0 Å². The molecule has 1 aromatic rings. The normalized spacial score (nSPS) is 35.8. The largest absolute Gasteiger partial charge is 0.461 e. The molecule has 1 N–H and O–H groups in total. The van der Waals surface area contributed by atoms with Crippen LogP contribution >= 0.6 is 11.8 Å². The maximum atomic E-state index is 14.6. The first-order valence-corrected chi connectivity index (χ1v) is 14.7. The number of rotatable bonds is 5. The third-order valence-electron chi connectivity index (χ3n) is 9.22. The molecule has 3 fully saturated rings. The molecule has 0 aromatic heterocycles. The number of carbonyl (C=O) groups excluding carboxylic acids is 3. The van der Waals surface area contributed by atoms with Gasteiger partial charge in [-0.2, -0.15) is 0 Å². The number of hydrogen-bond donors (Lipinski definition) is 1. The highest BCUT2D eigenvalue weighted by atomic mass is 32.2. The third-order valence-corrected chi connectivity index (χ3v) is 11.0. The summed E-state index contributed by atoms with van der Waals surface area (Å²) in [5.41, 5.74) is 0.987. The number of aliphatic hydroxyl groups is 1. The highest BCUT2D eigenvalue weighted by molar-refractivity contribution is 8.02. The SMILES string of the molecule is C[C@@]12C=CCOC(=O)[C@@H]1[C@H]1C(=O)N([C@@H](CO)Cc3ccccc3)C3C(=O)N(C4CCCCC4)CC=C[C@@]31S2. The molecule has 0 bridgehead atoms. The van der Waals surface area contributed by atoms with Gasteiger partial charge in [0.1, 0.15) is 12.6 Å². The lowest BCUT2D eigenvalue weighted by molar-refractivity contribution is -0.153. The van der Waals surface area contributed by atoms with Gasteiger partial charge < -0.3 is 19.6 Å². The van der Waals surface area contributed by atoms with Crippen LogP contribution in [0.5, 0.6) is 0 Å². The number of ether oxygens (including phenoxy) is 1. The van der Waals surface area contributed by atoms with Crippen molar-refractivity contribution in [2.24, 2.45) is 11.8 Å². The number of cyclic esters (lactones) is 1. The van der Waals surface area contributed by atoms with Crippen LogP contribution in [0.2, 0.25) is 0 Å². The molecule has 4 heterocycles. The quantitative estimate of drug-likeness (QED) is 0.460.